The number of halogens is 1. The summed E-state index contributed by atoms with van der Waals surface area (Å²) in [7, 11) is 0. The van der Waals surface area contributed by atoms with Gasteiger partial charge in [0, 0.05) is 43.7 Å². The van der Waals surface area contributed by atoms with Gasteiger partial charge in [0.1, 0.15) is 17.7 Å². The fourth-order valence-electron chi connectivity index (χ4n) is 3.16. The van der Waals surface area contributed by atoms with Crippen molar-refractivity contribution >= 4 is 0 Å². The third-order valence-corrected chi connectivity index (χ3v) is 4.19. The van der Waals surface area contributed by atoms with Crippen LogP contribution in [0.5, 0.6) is 5.75 Å². The van der Waals surface area contributed by atoms with Crippen molar-refractivity contribution in [1.82, 2.24) is 10.2 Å². The highest BCUT2D eigenvalue weighted by Crippen LogP contribution is 2.30. The van der Waals surface area contributed by atoms with Gasteiger partial charge in [0.25, 0.3) is 0 Å². The Morgan fingerprint density at radius 3 is 2.79 bits per heavy atom. The van der Waals surface area contributed by atoms with Gasteiger partial charge in [-0.05, 0) is 32.0 Å². The van der Waals surface area contributed by atoms with E-state index in [0.717, 1.165) is 37.4 Å². The molecule has 1 aromatic carbocycles. The molecule has 1 saturated heterocycles. The van der Waals surface area contributed by atoms with Crippen LogP contribution in [0.1, 0.15) is 19.4 Å². The van der Waals surface area contributed by atoms with Crippen molar-refractivity contribution in [3.05, 3.63) is 29.6 Å². The molecule has 3 atom stereocenters. The summed E-state index contributed by atoms with van der Waals surface area (Å²) in [6.45, 7) is 7.45. The lowest BCUT2D eigenvalue weighted by Crippen LogP contribution is -2.57. The fourth-order valence-corrected chi connectivity index (χ4v) is 3.16. The molecular weight excluding hydrogens is 243 g/mol. The van der Waals surface area contributed by atoms with Gasteiger partial charge in [-0.15, -0.1) is 0 Å². The highest BCUT2D eigenvalue weighted by Gasteiger charge is 2.30. The van der Waals surface area contributed by atoms with E-state index in [0.29, 0.717) is 12.1 Å². The molecule has 0 spiro atoms. The largest absolute Gasteiger partial charge is 0.488 e. The van der Waals surface area contributed by atoms with Gasteiger partial charge >= 0.3 is 0 Å². The highest BCUT2D eigenvalue weighted by atomic mass is 19.1. The number of hydrogen-bond donors (Lipinski definition) is 1. The number of benzene rings is 1. The lowest BCUT2D eigenvalue weighted by atomic mass is 10.1. The van der Waals surface area contributed by atoms with E-state index >= 15 is 0 Å². The molecule has 1 aromatic rings. The summed E-state index contributed by atoms with van der Waals surface area (Å²) < 4.78 is 19.1. The second-order valence-corrected chi connectivity index (χ2v) is 5.75. The lowest BCUT2D eigenvalue weighted by Gasteiger charge is -2.40. The summed E-state index contributed by atoms with van der Waals surface area (Å²) in [6, 6.07) is 5.85. The topological polar surface area (TPSA) is 24.5 Å². The number of fused-ring (bicyclic) bond motifs is 1. The van der Waals surface area contributed by atoms with Gasteiger partial charge in [0.15, 0.2) is 0 Å². The molecule has 0 aromatic heterocycles. The zero-order chi connectivity index (χ0) is 13.4. The van der Waals surface area contributed by atoms with Crippen LogP contribution in [0.2, 0.25) is 0 Å². The normalized spacial score (nSPS) is 31.0. The van der Waals surface area contributed by atoms with Gasteiger partial charge < -0.3 is 10.1 Å². The Bertz CT molecular complexity index is 455. The first-order chi connectivity index (χ1) is 9.13. The molecule has 1 fully saturated rings. The van der Waals surface area contributed by atoms with Gasteiger partial charge in [0.05, 0.1) is 0 Å². The molecule has 0 aliphatic carbocycles. The van der Waals surface area contributed by atoms with E-state index in [1.807, 2.05) is 0 Å². The molecule has 0 radical (unpaired) electrons. The van der Waals surface area contributed by atoms with Crippen LogP contribution in [0.4, 0.5) is 4.39 Å². The standard InChI is InChI=1S/C15H21FN2O/c1-10-7-17-8-11(2)18(10)9-14-6-12-5-13(16)3-4-15(12)19-14/h3-5,10-11,14,17H,6-9H2,1-2H3. The number of nitrogens with one attached hydrogen (secondary N) is 1. The summed E-state index contributed by atoms with van der Waals surface area (Å²) in [5.41, 5.74) is 1.00. The predicted octanol–water partition coefficient (Wildman–Crippen LogP) is 1.81. The number of rotatable bonds is 2. The third kappa shape index (κ3) is 2.60. The molecule has 0 saturated carbocycles. The van der Waals surface area contributed by atoms with E-state index < -0.39 is 0 Å². The maximum atomic E-state index is 13.2. The van der Waals surface area contributed by atoms with Gasteiger partial charge in [-0.25, -0.2) is 4.39 Å². The monoisotopic (exact) mass is 264 g/mol. The molecule has 1 N–H and O–H groups in total. The van der Waals surface area contributed by atoms with Crippen LogP contribution in [0.25, 0.3) is 0 Å². The molecule has 0 amide bonds. The van der Waals surface area contributed by atoms with Crippen molar-refractivity contribution < 1.29 is 9.13 Å². The van der Waals surface area contributed by atoms with Crippen LogP contribution >= 0.6 is 0 Å². The van der Waals surface area contributed by atoms with E-state index in [4.69, 9.17) is 4.74 Å². The minimum atomic E-state index is -0.174. The van der Waals surface area contributed by atoms with Crippen LogP contribution in [0.3, 0.4) is 0 Å². The fraction of sp³-hybridized carbons (Fsp3) is 0.600. The summed E-state index contributed by atoms with van der Waals surface area (Å²) in [5.74, 6) is 0.675. The molecule has 3 unspecified atom stereocenters. The van der Waals surface area contributed by atoms with Crippen molar-refractivity contribution in [2.75, 3.05) is 19.6 Å². The maximum absolute atomic E-state index is 13.2. The molecule has 2 heterocycles. The van der Waals surface area contributed by atoms with E-state index in [1.165, 1.54) is 6.07 Å². The first-order valence-electron chi connectivity index (χ1n) is 7.05. The summed E-state index contributed by atoms with van der Waals surface area (Å²) in [6.07, 6.45) is 0.969. The Morgan fingerprint density at radius 1 is 1.32 bits per heavy atom. The average Bonchev–Trinajstić information content (AvgIpc) is 2.75. The van der Waals surface area contributed by atoms with Crippen LogP contribution in [0, 0.1) is 5.82 Å². The Hall–Kier alpha value is -1.13. The molecule has 19 heavy (non-hydrogen) atoms. The Balaban J connectivity index is 1.66. The number of nitrogens with zero attached hydrogens (tertiary/aromatic N) is 1. The van der Waals surface area contributed by atoms with Crippen molar-refractivity contribution in [2.24, 2.45) is 0 Å². The average molecular weight is 264 g/mol. The van der Waals surface area contributed by atoms with Gasteiger partial charge in [0.2, 0.25) is 0 Å². The van der Waals surface area contributed by atoms with E-state index in [1.54, 1.807) is 12.1 Å². The first-order valence-corrected chi connectivity index (χ1v) is 7.05. The molecule has 3 nitrogen and oxygen atoms in total. The van der Waals surface area contributed by atoms with Crippen molar-refractivity contribution in [2.45, 2.75) is 38.5 Å². The molecule has 0 bridgehead atoms. The summed E-state index contributed by atoms with van der Waals surface area (Å²) in [4.78, 5) is 2.49. The second kappa shape index (κ2) is 5.10. The van der Waals surface area contributed by atoms with Crippen LogP contribution in [-0.4, -0.2) is 42.7 Å². The highest BCUT2D eigenvalue weighted by molar-refractivity contribution is 5.38. The van der Waals surface area contributed by atoms with Gasteiger partial charge in [-0.2, -0.15) is 0 Å². The lowest BCUT2D eigenvalue weighted by molar-refractivity contribution is 0.0687. The predicted molar refractivity (Wildman–Crippen MR) is 73.0 cm³/mol. The van der Waals surface area contributed by atoms with E-state index in [9.17, 15) is 4.39 Å². The van der Waals surface area contributed by atoms with Crippen molar-refractivity contribution in [3.8, 4) is 5.75 Å². The molecule has 2 aliphatic rings. The SMILES string of the molecule is CC1CNCC(C)N1CC1Cc2cc(F)ccc2O1. The molecule has 3 rings (SSSR count). The third-order valence-electron chi connectivity index (χ3n) is 4.19. The summed E-state index contributed by atoms with van der Waals surface area (Å²) >= 11 is 0. The second-order valence-electron chi connectivity index (χ2n) is 5.75. The van der Waals surface area contributed by atoms with E-state index in [-0.39, 0.29) is 11.9 Å². The zero-order valence-electron chi connectivity index (χ0n) is 11.5. The van der Waals surface area contributed by atoms with Crippen molar-refractivity contribution in [1.29, 1.82) is 0 Å². The number of hydrogen-bond acceptors (Lipinski definition) is 3. The Kier molecular flexibility index (Phi) is 3.46. The van der Waals surface area contributed by atoms with Crippen molar-refractivity contribution in [3.63, 3.8) is 0 Å². The minimum absolute atomic E-state index is 0.153. The summed E-state index contributed by atoms with van der Waals surface area (Å²) in [5, 5.41) is 3.43. The van der Waals surface area contributed by atoms with Gasteiger partial charge in [-0.1, -0.05) is 0 Å². The van der Waals surface area contributed by atoms with Crippen LogP contribution in [0.15, 0.2) is 18.2 Å². The Morgan fingerprint density at radius 2 is 2.05 bits per heavy atom. The minimum Gasteiger partial charge on any atom is -0.488 e. The van der Waals surface area contributed by atoms with Crippen LogP contribution in [-0.2, 0) is 6.42 Å². The quantitative estimate of drug-likeness (QED) is 0.881. The Labute approximate surface area is 113 Å². The molecular formula is C15H21FN2O. The maximum Gasteiger partial charge on any atom is 0.123 e. The number of ether oxygens (including phenoxy) is 1. The van der Waals surface area contributed by atoms with E-state index in [2.05, 4.69) is 24.1 Å². The first kappa shape index (κ1) is 12.9. The number of piperazine rings is 1. The van der Waals surface area contributed by atoms with Crippen LogP contribution < -0.4 is 10.1 Å². The zero-order valence-corrected chi connectivity index (χ0v) is 11.5. The molecule has 4 heteroatoms. The molecule has 104 valence electrons. The molecule has 2 aliphatic heterocycles. The smallest absolute Gasteiger partial charge is 0.123 e. The van der Waals surface area contributed by atoms with Gasteiger partial charge in [-0.3, -0.25) is 4.90 Å².